The van der Waals surface area contributed by atoms with Crippen LogP contribution in [0, 0.1) is 34.0 Å². The lowest BCUT2D eigenvalue weighted by Crippen LogP contribution is -2.74. The largest absolute Gasteiger partial charge is 0.392 e. The molecule has 4 nitrogen and oxygen atoms in total. The number of ether oxygens (including phenoxy) is 1. The van der Waals surface area contributed by atoms with Gasteiger partial charge in [0.1, 0.15) is 12.0 Å². The van der Waals surface area contributed by atoms with Gasteiger partial charge in [0.2, 0.25) is 0 Å². The van der Waals surface area contributed by atoms with Gasteiger partial charge in [-0.25, -0.2) is 0 Å². The van der Waals surface area contributed by atoms with Gasteiger partial charge in [-0.2, -0.15) is 0 Å². The molecule has 7 fully saturated rings. The smallest absolute Gasteiger partial charge is 0.142 e. The Bertz CT molecular complexity index is 706. The van der Waals surface area contributed by atoms with Gasteiger partial charge in [0.25, 0.3) is 0 Å². The van der Waals surface area contributed by atoms with Gasteiger partial charge in [0.05, 0.1) is 18.1 Å². The van der Waals surface area contributed by atoms with Crippen LogP contribution in [0.1, 0.15) is 51.9 Å². The summed E-state index contributed by atoms with van der Waals surface area (Å²) in [7, 11) is 0. The molecule has 7 aliphatic rings. The van der Waals surface area contributed by atoms with Crippen LogP contribution in [-0.4, -0.2) is 47.8 Å². The molecule has 2 saturated heterocycles. The Morgan fingerprint density at radius 3 is 2.96 bits per heavy atom. The third kappa shape index (κ3) is 1.59. The van der Waals surface area contributed by atoms with E-state index >= 15 is 0 Å². The van der Waals surface area contributed by atoms with Crippen molar-refractivity contribution in [2.24, 2.45) is 34.0 Å². The molecule has 1 N–H and O–H groups in total. The van der Waals surface area contributed by atoms with Crippen LogP contribution in [0.15, 0.2) is 12.2 Å². The summed E-state index contributed by atoms with van der Waals surface area (Å²) in [5.41, 5.74) is 0.998. The third-order valence-electron chi connectivity index (χ3n) is 9.83. The molecule has 7 rings (SSSR count). The Morgan fingerprint density at radius 2 is 2.12 bits per heavy atom. The van der Waals surface area contributed by atoms with Crippen LogP contribution < -0.4 is 0 Å². The highest BCUT2D eigenvalue weighted by Crippen LogP contribution is 2.73. The summed E-state index contributed by atoms with van der Waals surface area (Å²) >= 11 is 0. The second kappa shape index (κ2) is 4.82. The van der Waals surface area contributed by atoms with E-state index in [9.17, 15) is 9.90 Å². The van der Waals surface area contributed by atoms with Gasteiger partial charge in [-0.05, 0) is 55.3 Å². The zero-order chi connectivity index (χ0) is 17.9. The fourth-order valence-corrected chi connectivity index (χ4v) is 8.93. The SMILES string of the molecule is C=C1C[C@]23C(=O)C[C@H]1C[C@H]2[C@]12CCC[C@](C)([C@H]1C[C@H]3O)[C@H]1OCCN1C2. The van der Waals surface area contributed by atoms with Crippen LogP contribution in [-0.2, 0) is 9.53 Å². The summed E-state index contributed by atoms with van der Waals surface area (Å²) in [5.74, 6) is 1.52. The predicted octanol–water partition coefficient (Wildman–Crippen LogP) is 2.76. The number of piperidine rings is 1. The zero-order valence-corrected chi connectivity index (χ0v) is 15.9. The van der Waals surface area contributed by atoms with Crippen LogP contribution in [0.25, 0.3) is 0 Å². The number of hydrogen-bond donors (Lipinski definition) is 1. The number of Topliss-reactive ketones (excluding diaryl/α,β-unsaturated/α-hetero) is 1. The second-order valence-electron chi connectivity index (χ2n) is 10.6. The molecule has 2 aliphatic heterocycles. The molecule has 26 heavy (non-hydrogen) atoms. The van der Waals surface area contributed by atoms with Crippen molar-refractivity contribution in [3.63, 3.8) is 0 Å². The van der Waals surface area contributed by atoms with Crippen molar-refractivity contribution in [1.82, 2.24) is 4.90 Å². The van der Waals surface area contributed by atoms with Crippen LogP contribution in [0.5, 0.6) is 0 Å². The van der Waals surface area contributed by atoms with Crippen LogP contribution >= 0.6 is 0 Å². The van der Waals surface area contributed by atoms with Gasteiger partial charge >= 0.3 is 0 Å². The topological polar surface area (TPSA) is 49.8 Å². The maximum absolute atomic E-state index is 13.3. The fourth-order valence-electron chi connectivity index (χ4n) is 8.93. The van der Waals surface area contributed by atoms with Crippen molar-refractivity contribution in [1.29, 1.82) is 0 Å². The lowest BCUT2D eigenvalue weighted by molar-refractivity contribution is -0.275. The number of ketones is 1. The van der Waals surface area contributed by atoms with E-state index in [1.807, 2.05) is 0 Å². The fraction of sp³-hybridized carbons (Fsp3) is 0.864. The number of hydrogen-bond acceptors (Lipinski definition) is 4. The minimum absolute atomic E-state index is 0.117. The first-order valence-electron chi connectivity index (χ1n) is 10.7. The van der Waals surface area contributed by atoms with Crippen molar-refractivity contribution in [3.8, 4) is 0 Å². The van der Waals surface area contributed by atoms with Gasteiger partial charge in [-0.15, -0.1) is 0 Å². The first kappa shape index (κ1) is 16.3. The molecule has 0 radical (unpaired) electrons. The first-order valence-corrected chi connectivity index (χ1v) is 10.7. The highest BCUT2D eigenvalue weighted by atomic mass is 16.5. The number of carbonyl (C=O) groups is 1. The summed E-state index contributed by atoms with van der Waals surface area (Å²) in [5, 5.41) is 11.4. The number of allylic oxidation sites excluding steroid dienone is 1. The predicted molar refractivity (Wildman–Crippen MR) is 97.2 cm³/mol. The van der Waals surface area contributed by atoms with E-state index in [1.54, 1.807) is 0 Å². The number of fused-ring (bicyclic) bond motifs is 4. The van der Waals surface area contributed by atoms with E-state index < -0.39 is 11.5 Å². The Labute approximate surface area is 156 Å². The van der Waals surface area contributed by atoms with E-state index in [-0.39, 0.29) is 17.1 Å². The molecule has 0 aromatic heterocycles. The summed E-state index contributed by atoms with van der Waals surface area (Å²) in [6, 6.07) is 0. The Hall–Kier alpha value is -0.710. The Balaban J connectivity index is 1.53. The molecule has 5 saturated carbocycles. The highest BCUT2D eigenvalue weighted by molar-refractivity contribution is 5.89. The molecule has 0 unspecified atom stereocenters. The highest BCUT2D eigenvalue weighted by Gasteiger charge is 2.74. The monoisotopic (exact) mass is 357 g/mol. The zero-order valence-electron chi connectivity index (χ0n) is 15.9. The number of nitrogens with zero attached hydrogens (tertiary/aromatic N) is 1. The maximum atomic E-state index is 13.3. The summed E-state index contributed by atoms with van der Waals surface area (Å²) < 4.78 is 6.22. The van der Waals surface area contributed by atoms with Gasteiger partial charge in [0, 0.05) is 24.9 Å². The van der Waals surface area contributed by atoms with E-state index in [1.165, 1.54) is 24.8 Å². The van der Waals surface area contributed by atoms with Crippen LogP contribution in [0.4, 0.5) is 0 Å². The van der Waals surface area contributed by atoms with Crippen LogP contribution in [0.2, 0.25) is 0 Å². The van der Waals surface area contributed by atoms with E-state index in [0.29, 0.717) is 30.0 Å². The minimum atomic E-state index is -0.534. The lowest BCUT2D eigenvalue weighted by atomic mass is 9.34. The average molecular weight is 357 g/mol. The quantitative estimate of drug-likeness (QED) is 0.677. The molecule has 0 aromatic carbocycles. The molecule has 0 amide bonds. The van der Waals surface area contributed by atoms with Crippen molar-refractivity contribution >= 4 is 5.78 Å². The maximum Gasteiger partial charge on any atom is 0.142 e. The normalized spacial score (nSPS) is 58.3. The molecule has 5 aliphatic carbocycles. The molecule has 0 aromatic rings. The van der Waals surface area contributed by atoms with Crippen molar-refractivity contribution in [2.45, 2.75) is 64.2 Å². The average Bonchev–Trinajstić information content (AvgIpc) is 3.06. The lowest BCUT2D eigenvalue weighted by Gasteiger charge is -2.72. The summed E-state index contributed by atoms with van der Waals surface area (Å²) in [4.78, 5) is 15.9. The van der Waals surface area contributed by atoms with Crippen molar-refractivity contribution < 1.29 is 14.6 Å². The van der Waals surface area contributed by atoms with Gasteiger partial charge in [-0.1, -0.05) is 25.5 Å². The molecule has 1 spiro atoms. The van der Waals surface area contributed by atoms with E-state index in [2.05, 4.69) is 18.4 Å². The third-order valence-corrected chi connectivity index (χ3v) is 9.83. The second-order valence-corrected chi connectivity index (χ2v) is 10.6. The molecule has 4 heteroatoms. The van der Waals surface area contributed by atoms with E-state index in [0.717, 1.165) is 39.0 Å². The molecule has 2 heterocycles. The standard InChI is InChI=1S/C22H31NO3/c1-13-11-22-16(8-14(13)9-17(22)24)21-5-3-4-20(2,15(21)10-18(22)25)19-23(12-21)6-7-26-19/h14-16,18-19,25H,1,3-12H2,2H3/t14-,15-,16+,18-,19-,20-,21+,22-/m1/s1. The number of rotatable bonds is 0. The van der Waals surface area contributed by atoms with E-state index in [4.69, 9.17) is 4.74 Å². The molecular weight excluding hydrogens is 326 g/mol. The Kier molecular flexibility index (Phi) is 3.01. The number of aliphatic hydroxyl groups is 1. The summed E-state index contributed by atoms with van der Waals surface area (Å²) in [6.07, 6.45) is 6.60. The minimum Gasteiger partial charge on any atom is -0.392 e. The van der Waals surface area contributed by atoms with Gasteiger partial charge < -0.3 is 9.84 Å². The first-order chi connectivity index (χ1) is 12.4. The van der Waals surface area contributed by atoms with Crippen molar-refractivity contribution in [3.05, 3.63) is 12.2 Å². The number of carbonyl (C=O) groups excluding carboxylic acids is 1. The van der Waals surface area contributed by atoms with Crippen molar-refractivity contribution in [2.75, 3.05) is 19.7 Å². The number of aliphatic hydroxyl groups excluding tert-OH is 1. The van der Waals surface area contributed by atoms with Crippen LogP contribution in [0.3, 0.4) is 0 Å². The molecular formula is C22H31NO3. The summed E-state index contributed by atoms with van der Waals surface area (Å²) in [6.45, 7) is 9.66. The molecule has 142 valence electrons. The van der Waals surface area contributed by atoms with Gasteiger partial charge in [-0.3, -0.25) is 9.69 Å². The Morgan fingerprint density at radius 1 is 1.27 bits per heavy atom. The van der Waals surface area contributed by atoms with Gasteiger partial charge in [0.15, 0.2) is 0 Å². The molecule has 4 bridgehead atoms. The molecule has 8 atom stereocenters.